The lowest BCUT2D eigenvalue weighted by atomic mass is 9.95. The molecular weight excluding hydrogens is 590 g/mol. The first-order valence-electron chi connectivity index (χ1n) is 17.1. The summed E-state index contributed by atoms with van der Waals surface area (Å²) in [7, 11) is 1.85. The highest BCUT2D eigenvalue weighted by Crippen LogP contribution is 2.28. The zero-order valence-corrected chi connectivity index (χ0v) is 27.4. The predicted octanol–water partition coefficient (Wildman–Crippen LogP) is 5.63. The fourth-order valence-electron chi connectivity index (χ4n) is 6.53. The van der Waals surface area contributed by atoms with Crippen LogP contribution >= 0.6 is 0 Å². The topological polar surface area (TPSA) is 94.2 Å². The molecule has 2 heterocycles. The fraction of sp³-hybridized carbons (Fsp3) is 0.447. The molecular formula is C38H47N5O4. The van der Waals surface area contributed by atoms with Gasteiger partial charge in [0, 0.05) is 62.9 Å². The van der Waals surface area contributed by atoms with E-state index in [2.05, 4.69) is 20.4 Å². The maximum atomic E-state index is 13.1. The summed E-state index contributed by atoms with van der Waals surface area (Å²) in [5.74, 6) is 0.395. The number of rotatable bonds is 11. The Labute approximate surface area is 278 Å². The number of hydrogen-bond acceptors (Lipinski definition) is 6. The van der Waals surface area contributed by atoms with E-state index in [1.807, 2.05) is 85.9 Å². The van der Waals surface area contributed by atoms with Gasteiger partial charge in [-0.05, 0) is 80.9 Å². The van der Waals surface area contributed by atoms with Gasteiger partial charge in [-0.1, -0.05) is 60.7 Å². The first kappa shape index (κ1) is 32.7. The average molecular weight is 638 g/mol. The Morgan fingerprint density at radius 2 is 1.45 bits per heavy atom. The molecule has 6 rings (SSSR count). The Morgan fingerprint density at radius 1 is 0.787 bits per heavy atom. The Balaban J connectivity index is 0.884. The van der Waals surface area contributed by atoms with E-state index < -0.39 is 6.09 Å². The summed E-state index contributed by atoms with van der Waals surface area (Å²) in [4.78, 5) is 44.8. The second-order valence-corrected chi connectivity index (χ2v) is 13.2. The van der Waals surface area contributed by atoms with Gasteiger partial charge < -0.3 is 19.9 Å². The maximum absolute atomic E-state index is 13.1. The number of para-hydroxylation sites is 1. The number of nitrogens with one attached hydrogen (secondary N) is 2. The molecule has 3 aromatic rings. The average Bonchev–Trinajstić information content (AvgIpc) is 3.93. The summed E-state index contributed by atoms with van der Waals surface area (Å²) in [6.07, 6.45) is 5.03. The molecule has 3 aromatic carbocycles. The number of likely N-dealkylation sites (tertiary alicyclic amines) is 2. The van der Waals surface area contributed by atoms with Crippen molar-refractivity contribution in [2.45, 2.75) is 57.2 Å². The van der Waals surface area contributed by atoms with Crippen molar-refractivity contribution in [2.24, 2.45) is 5.92 Å². The number of carbonyl (C=O) groups is 3. The summed E-state index contributed by atoms with van der Waals surface area (Å²) in [5, 5.41) is 6.08. The van der Waals surface area contributed by atoms with Crippen molar-refractivity contribution >= 4 is 23.6 Å². The van der Waals surface area contributed by atoms with Crippen LogP contribution in [0.4, 0.5) is 10.5 Å². The second-order valence-electron chi connectivity index (χ2n) is 13.2. The monoisotopic (exact) mass is 637 g/mol. The van der Waals surface area contributed by atoms with Gasteiger partial charge in [0.25, 0.3) is 5.91 Å². The molecule has 3 fully saturated rings. The number of nitrogens with zero attached hydrogens (tertiary/aromatic N) is 3. The molecule has 0 atom stereocenters. The number of benzene rings is 3. The zero-order valence-electron chi connectivity index (χ0n) is 27.4. The van der Waals surface area contributed by atoms with E-state index in [1.54, 1.807) is 4.90 Å². The van der Waals surface area contributed by atoms with Crippen LogP contribution in [-0.4, -0.2) is 91.1 Å². The SMILES string of the molecule is CN(CCN1CCC(OC(=O)Nc2ccccc2-c2ccccc2)CC1)C(=O)c1ccc(CN2CCC(C(=O)NC3CC3)CC2)cc1. The smallest absolute Gasteiger partial charge is 0.411 e. The Kier molecular flexibility index (Phi) is 10.9. The van der Waals surface area contributed by atoms with Gasteiger partial charge in [-0.25, -0.2) is 4.79 Å². The molecule has 3 aliphatic rings. The molecule has 2 aliphatic heterocycles. The van der Waals surface area contributed by atoms with Gasteiger partial charge >= 0.3 is 6.09 Å². The number of anilines is 1. The molecule has 0 bridgehead atoms. The molecule has 1 saturated carbocycles. The third-order valence-corrected chi connectivity index (χ3v) is 9.64. The molecule has 3 amide bonds. The molecule has 9 heteroatoms. The number of ether oxygens (including phenoxy) is 1. The van der Waals surface area contributed by atoms with Crippen LogP contribution in [0.25, 0.3) is 11.1 Å². The number of hydrogen-bond donors (Lipinski definition) is 2. The number of carbonyl (C=O) groups excluding carboxylic acids is 3. The number of amides is 3. The normalized spacial score (nSPS) is 18.0. The lowest BCUT2D eigenvalue weighted by molar-refractivity contribution is -0.126. The maximum Gasteiger partial charge on any atom is 0.411 e. The minimum absolute atomic E-state index is 0.0183. The van der Waals surface area contributed by atoms with E-state index >= 15 is 0 Å². The summed E-state index contributed by atoms with van der Waals surface area (Å²) >= 11 is 0. The highest BCUT2D eigenvalue weighted by atomic mass is 16.6. The molecule has 9 nitrogen and oxygen atoms in total. The quantitative estimate of drug-likeness (QED) is 0.283. The van der Waals surface area contributed by atoms with Crippen molar-refractivity contribution in [3.8, 4) is 11.1 Å². The summed E-state index contributed by atoms with van der Waals surface area (Å²) in [5.41, 5.74) is 4.60. The first-order chi connectivity index (χ1) is 22.9. The van der Waals surface area contributed by atoms with Crippen molar-refractivity contribution in [1.29, 1.82) is 0 Å². The van der Waals surface area contributed by atoms with Crippen molar-refractivity contribution < 1.29 is 19.1 Å². The molecule has 248 valence electrons. The van der Waals surface area contributed by atoms with Gasteiger partial charge in [0.1, 0.15) is 6.10 Å². The van der Waals surface area contributed by atoms with E-state index in [1.165, 1.54) is 5.56 Å². The van der Waals surface area contributed by atoms with Gasteiger partial charge in [-0.15, -0.1) is 0 Å². The fourth-order valence-corrected chi connectivity index (χ4v) is 6.53. The van der Waals surface area contributed by atoms with Crippen LogP contribution in [0.15, 0.2) is 78.9 Å². The van der Waals surface area contributed by atoms with Crippen LogP contribution in [0.5, 0.6) is 0 Å². The molecule has 2 saturated heterocycles. The molecule has 2 N–H and O–H groups in total. The van der Waals surface area contributed by atoms with Crippen LogP contribution in [0, 0.1) is 5.92 Å². The minimum atomic E-state index is -0.430. The third-order valence-electron chi connectivity index (χ3n) is 9.64. The van der Waals surface area contributed by atoms with Gasteiger partial charge in [0.15, 0.2) is 0 Å². The molecule has 0 unspecified atom stereocenters. The van der Waals surface area contributed by atoms with Crippen molar-refractivity contribution in [2.75, 3.05) is 51.6 Å². The van der Waals surface area contributed by atoms with Crippen molar-refractivity contribution in [1.82, 2.24) is 20.0 Å². The van der Waals surface area contributed by atoms with E-state index in [4.69, 9.17) is 4.74 Å². The Morgan fingerprint density at radius 3 is 2.15 bits per heavy atom. The summed E-state index contributed by atoms with van der Waals surface area (Å²) in [6, 6.07) is 26.1. The second kappa shape index (κ2) is 15.6. The standard InChI is InChI=1S/C38H47N5O4/c1-41(37(45)31-13-11-28(12-14-31)27-43-21-17-30(18-22-43)36(44)39-32-15-16-32)25-26-42-23-19-33(20-24-42)47-38(46)40-35-10-6-5-9-34(35)29-7-3-2-4-8-29/h2-14,30,32-33H,15-27H2,1H3,(H,39,44)(H,40,46). The Bertz CT molecular complexity index is 1490. The summed E-state index contributed by atoms with van der Waals surface area (Å²) < 4.78 is 5.78. The van der Waals surface area contributed by atoms with Gasteiger partial charge in [0.05, 0.1) is 5.69 Å². The molecule has 0 spiro atoms. The van der Waals surface area contributed by atoms with E-state index in [-0.39, 0.29) is 23.8 Å². The molecule has 0 radical (unpaired) electrons. The van der Waals surface area contributed by atoms with Crippen LogP contribution in [0.1, 0.15) is 54.4 Å². The van der Waals surface area contributed by atoms with E-state index in [0.29, 0.717) is 18.2 Å². The molecule has 47 heavy (non-hydrogen) atoms. The van der Waals surface area contributed by atoms with E-state index in [9.17, 15) is 14.4 Å². The van der Waals surface area contributed by atoms with Crippen LogP contribution < -0.4 is 10.6 Å². The first-order valence-corrected chi connectivity index (χ1v) is 17.1. The van der Waals surface area contributed by atoms with Crippen molar-refractivity contribution in [3.05, 3.63) is 90.0 Å². The largest absolute Gasteiger partial charge is 0.446 e. The predicted molar refractivity (Wildman–Crippen MR) is 184 cm³/mol. The highest BCUT2D eigenvalue weighted by Gasteiger charge is 2.30. The van der Waals surface area contributed by atoms with Gasteiger partial charge in [-0.2, -0.15) is 0 Å². The van der Waals surface area contributed by atoms with Crippen molar-refractivity contribution in [3.63, 3.8) is 0 Å². The van der Waals surface area contributed by atoms with Crippen LogP contribution in [0.2, 0.25) is 0 Å². The lowest BCUT2D eigenvalue weighted by Crippen LogP contribution is -2.42. The van der Waals surface area contributed by atoms with E-state index in [0.717, 1.165) is 94.6 Å². The molecule has 0 aromatic heterocycles. The lowest BCUT2D eigenvalue weighted by Gasteiger charge is -2.32. The summed E-state index contributed by atoms with van der Waals surface area (Å²) in [6.45, 7) is 5.72. The van der Waals surface area contributed by atoms with Crippen LogP contribution in [0.3, 0.4) is 0 Å². The highest BCUT2D eigenvalue weighted by molar-refractivity contribution is 5.94. The zero-order chi connectivity index (χ0) is 32.6. The number of likely N-dealkylation sites (N-methyl/N-ethyl adjacent to an activating group) is 1. The van der Waals surface area contributed by atoms with Gasteiger partial charge in [0.2, 0.25) is 5.91 Å². The Hall–Kier alpha value is -4.21. The molecule has 1 aliphatic carbocycles. The van der Waals surface area contributed by atoms with Gasteiger partial charge in [-0.3, -0.25) is 19.8 Å². The number of piperidine rings is 2. The minimum Gasteiger partial charge on any atom is -0.446 e. The van der Waals surface area contributed by atoms with Crippen LogP contribution in [-0.2, 0) is 16.1 Å². The third kappa shape index (κ3) is 9.20.